The molecule has 1 unspecified atom stereocenters. The number of aromatic amines is 1. The van der Waals surface area contributed by atoms with Crippen molar-refractivity contribution in [3.8, 4) is 0 Å². The number of nitrogens with one attached hydrogen (secondary N) is 1. The first-order valence-electron chi connectivity index (χ1n) is 5.03. The molecule has 0 radical (unpaired) electrons. The van der Waals surface area contributed by atoms with Crippen LogP contribution in [0.3, 0.4) is 0 Å². The molecule has 0 saturated carbocycles. The minimum atomic E-state index is -3.87. The summed E-state index contributed by atoms with van der Waals surface area (Å²) in [4.78, 5) is 3.13. The fourth-order valence-corrected chi connectivity index (χ4v) is 4.86. The number of aromatic nitrogens is 1. The smallest absolute Gasteiger partial charge is 0.298 e. The van der Waals surface area contributed by atoms with Gasteiger partial charge in [0, 0.05) is 0 Å². The van der Waals surface area contributed by atoms with Crippen LogP contribution in [0, 0.1) is 3.95 Å². The van der Waals surface area contributed by atoms with Crippen LogP contribution in [0.25, 0.3) is 10.2 Å². The van der Waals surface area contributed by atoms with Crippen LogP contribution >= 0.6 is 22.7 Å². The number of benzene rings is 1. The van der Waals surface area contributed by atoms with E-state index in [4.69, 9.17) is 16.8 Å². The summed E-state index contributed by atoms with van der Waals surface area (Å²) in [6.45, 7) is 0. The van der Waals surface area contributed by atoms with Crippen molar-refractivity contribution in [2.45, 2.75) is 12.2 Å². The van der Waals surface area contributed by atoms with Gasteiger partial charge in [0.05, 0.1) is 17.0 Å². The first kappa shape index (κ1) is 12.7. The zero-order valence-electron chi connectivity index (χ0n) is 8.92. The van der Waals surface area contributed by atoms with Crippen molar-refractivity contribution < 1.29 is 13.0 Å². The normalized spacial score (nSPS) is 13.1. The fourth-order valence-electron chi connectivity index (χ4n) is 1.64. The highest BCUT2D eigenvalue weighted by Gasteiger charge is 2.14. The highest BCUT2D eigenvalue weighted by Crippen LogP contribution is 2.32. The predicted octanol–water partition coefficient (Wildman–Crippen LogP) is 2.92. The van der Waals surface area contributed by atoms with Gasteiger partial charge in [-0.3, -0.25) is 9.54 Å². The molecular formula is C10H12NO3S3+. The van der Waals surface area contributed by atoms with Gasteiger partial charge >= 0.3 is 3.95 Å². The Morgan fingerprint density at radius 2 is 2.06 bits per heavy atom. The van der Waals surface area contributed by atoms with E-state index in [1.165, 1.54) is 0 Å². The second kappa shape index (κ2) is 4.85. The summed E-state index contributed by atoms with van der Waals surface area (Å²) >= 11 is 5.24. The Balaban J connectivity index is 2.24. The van der Waals surface area contributed by atoms with Crippen molar-refractivity contribution in [3.63, 3.8) is 0 Å². The number of H-pyrrole nitrogens is 1. The molecule has 17 heavy (non-hydrogen) atoms. The van der Waals surface area contributed by atoms with Crippen molar-refractivity contribution in [1.82, 2.24) is 4.98 Å². The van der Waals surface area contributed by atoms with E-state index in [1.54, 1.807) is 0 Å². The van der Waals surface area contributed by atoms with Gasteiger partial charge in [0.2, 0.25) is 0 Å². The van der Waals surface area contributed by atoms with Gasteiger partial charge < -0.3 is 0 Å². The number of hydrogen-bond donors (Lipinski definition) is 2. The quantitative estimate of drug-likeness (QED) is 0.516. The lowest BCUT2D eigenvalue weighted by Crippen LogP contribution is -2.03. The molecule has 2 N–H and O–H groups in total. The monoisotopic (exact) mass is 290 g/mol. The van der Waals surface area contributed by atoms with E-state index < -0.39 is 10.1 Å². The lowest BCUT2D eigenvalue weighted by molar-refractivity contribution is 0.482. The first-order valence-corrected chi connectivity index (χ1v) is 8.44. The van der Waals surface area contributed by atoms with E-state index in [0.717, 1.165) is 14.2 Å². The van der Waals surface area contributed by atoms with Gasteiger partial charge in [0.25, 0.3) is 22.3 Å². The number of rotatable bonds is 4. The molecule has 0 aliphatic rings. The van der Waals surface area contributed by atoms with E-state index in [2.05, 4.69) is 4.98 Å². The summed E-state index contributed by atoms with van der Waals surface area (Å²) in [5.41, 5.74) is 1.01. The van der Waals surface area contributed by atoms with Gasteiger partial charge in [-0.25, -0.2) is 0 Å². The Labute approximate surface area is 107 Å². The zero-order chi connectivity index (χ0) is 12.5. The molecule has 1 atom stereocenters. The standard InChI is InChI=1S/C10H11NO3S3/c12-17(13,14)7-3-6-16-9-5-2-1-4-8(9)11-10(16)15/h1-2,4-5H,3,6-7H2,(H-,11,12,13,14,15)/p+1. The molecule has 2 rings (SSSR count). The summed E-state index contributed by atoms with van der Waals surface area (Å²) in [6.07, 6.45) is 0.415. The molecule has 1 aromatic carbocycles. The van der Waals surface area contributed by atoms with Crippen molar-refractivity contribution in [1.29, 1.82) is 0 Å². The molecule has 0 spiro atoms. The predicted molar refractivity (Wildman–Crippen MR) is 72.6 cm³/mol. The number of hydrogen-bond acceptors (Lipinski definition) is 3. The summed E-state index contributed by atoms with van der Waals surface area (Å²) in [6, 6.07) is 7.83. The van der Waals surface area contributed by atoms with E-state index in [1.807, 2.05) is 24.3 Å². The fraction of sp³-hybridized carbons (Fsp3) is 0.300. The summed E-state index contributed by atoms with van der Waals surface area (Å²) in [5, 5.41) is 0. The lowest BCUT2D eigenvalue weighted by atomic mass is 10.3. The molecule has 1 heterocycles. The van der Waals surface area contributed by atoms with Crippen LogP contribution in [0.15, 0.2) is 24.3 Å². The lowest BCUT2D eigenvalue weighted by Gasteiger charge is -1.94. The molecule has 7 heteroatoms. The molecule has 0 saturated heterocycles. The minimum Gasteiger partial charge on any atom is -0.298 e. The van der Waals surface area contributed by atoms with Gasteiger partial charge in [-0.15, -0.1) is 0 Å². The Morgan fingerprint density at radius 1 is 1.35 bits per heavy atom. The third kappa shape index (κ3) is 3.12. The molecule has 0 fully saturated rings. The topological polar surface area (TPSA) is 70.2 Å². The van der Waals surface area contributed by atoms with E-state index >= 15 is 0 Å². The van der Waals surface area contributed by atoms with Gasteiger partial charge in [-0.2, -0.15) is 8.42 Å². The van der Waals surface area contributed by atoms with Crippen molar-refractivity contribution >= 4 is 43.0 Å². The molecular weight excluding hydrogens is 278 g/mol. The Hall–Kier alpha value is -0.760. The number of aryl methyl sites for hydroxylation is 1. The molecule has 0 aliphatic heterocycles. The van der Waals surface area contributed by atoms with Crippen molar-refractivity contribution in [3.05, 3.63) is 28.2 Å². The molecule has 4 nitrogen and oxygen atoms in total. The molecule has 0 amide bonds. The average Bonchev–Trinajstić information content (AvgIpc) is 2.54. The van der Waals surface area contributed by atoms with Gasteiger partial charge in [0.15, 0.2) is 0 Å². The molecule has 0 bridgehead atoms. The molecule has 0 aliphatic carbocycles. The van der Waals surface area contributed by atoms with Crippen LogP contribution in [-0.4, -0.2) is 23.7 Å². The van der Waals surface area contributed by atoms with Crippen molar-refractivity contribution in [2.75, 3.05) is 5.75 Å². The third-order valence-electron chi connectivity index (χ3n) is 2.36. The molecule has 1 aromatic heterocycles. The summed E-state index contributed by atoms with van der Waals surface area (Å²) < 4.78 is 31.8. The van der Waals surface area contributed by atoms with Gasteiger partial charge in [-0.1, -0.05) is 12.1 Å². The maximum atomic E-state index is 10.6. The van der Waals surface area contributed by atoms with Crippen LogP contribution in [0.5, 0.6) is 0 Å². The van der Waals surface area contributed by atoms with Gasteiger partial charge in [0.1, 0.15) is 4.70 Å². The highest BCUT2D eigenvalue weighted by atomic mass is 32.2. The van der Waals surface area contributed by atoms with E-state index in [-0.39, 0.29) is 16.2 Å². The number of fused-ring (bicyclic) bond motifs is 1. The third-order valence-corrected chi connectivity index (χ3v) is 6.01. The zero-order valence-corrected chi connectivity index (χ0v) is 11.4. The van der Waals surface area contributed by atoms with E-state index in [9.17, 15) is 8.42 Å². The second-order valence-corrected chi connectivity index (χ2v) is 7.92. The maximum absolute atomic E-state index is 10.6. The van der Waals surface area contributed by atoms with E-state index in [0.29, 0.717) is 12.2 Å². The SMILES string of the molecule is O=S(=O)(O)CCC[s+]1c(=S)[nH]c2ccccc21. The van der Waals surface area contributed by atoms with Gasteiger partial charge in [-0.05, 0) is 29.0 Å². The average molecular weight is 290 g/mol. The number of thiazole rings is 1. The first-order chi connectivity index (χ1) is 7.97. The van der Waals surface area contributed by atoms with Crippen LogP contribution in [0.1, 0.15) is 6.42 Å². The van der Waals surface area contributed by atoms with Crippen LogP contribution in [0.2, 0.25) is 0 Å². The summed E-state index contributed by atoms with van der Waals surface area (Å²) in [7, 11) is -4.11. The minimum absolute atomic E-state index is 0.207. The molecule has 92 valence electrons. The summed E-state index contributed by atoms with van der Waals surface area (Å²) in [5.74, 6) is 0.448. The highest BCUT2D eigenvalue weighted by molar-refractivity contribution is 7.85. The number of para-hydroxylation sites is 1. The Morgan fingerprint density at radius 3 is 2.76 bits per heavy atom. The van der Waals surface area contributed by atoms with Crippen LogP contribution in [0.4, 0.5) is 0 Å². The largest absolute Gasteiger partial charge is 0.356 e. The Bertz CT molecular complexity index is 684. The van der Waals surface area contributed by atoms with Crippen LogP contribution in [-0.2, 0) is 15.9 Å². The molecule has 2 aromatic rings. The second-order valence-electron chi connectivity index (χ2n) is 3.64. The van der Waals surface area contributed by atoms with Crippen molar-refractivity contribution in [2.24, 2.45) is 0 Å². The van der Waals surface area contributed by atoms with Crippen LogP contribution < -0.4 is 0 Å². The maximum Gasteiger partial charge on any atom is 0.356 e. The Kier molecular flexibility index (Phi) is 3.62.